The first-order valence-electron chi connectivity index (χ1n) is 4.67. The second-order valence-corrected chi connectivity index (χ2v) is 4.60. The SMILES string of the molecule is Cc1ccccc1S(=O)c1ccccn1. The molecule has 0 N–H and O–H groups in total. The first-order chi connectivity index (χ1) is 7.29. The lowest BCUT2D eigenvalue weighted by molar-refractivity contribution is 0.680. The monoisotopic (exact) mass is 217 g/mol. The Morgan fingerprint density at radius 2 is 1.80 bits per heavy atom. The Morgan fingerprint density at radius 3 is 2.47 bits per heavy atom. The zero-order chi connectivity index (χ0) is 10.7. The van der Waals surface area contributed by atoms with E-state index in [-0.39, 0.29) is 0 Å². The molecule has 1 aromatic heterocycles. The molecule has 1 heterocycles. The number of hydrogen-bond donors (Lipinski definition) is 0. The van der Waals surface area contributed by atoms with Crippen LogP contribution in [-0.4, -0.2) is 9.19 Å². The van der Waals surface area contributed by atoms with Gasteiger partial charge in [0.15, 0.2) is 0 Å². The van der Waals surface area contributed by atoms with E-state index in [2.05, 4.69) is 4.98 Å². The third kappa shape index (κ3) is 2.13. The predicted molar refractivity (Wildman–Crippen MR) is 60.1 cm³/mol. The maximum atomic E-state index is 12.1. The molecule has 0 bridgehead atoms. The van der Waals surface area contributed by atoms with E-state index in [0.29, 0.717) is 5.03 Å². The van der Waals surface area contributed by atoms with Gasteiger partial charge >= 0.3 is 0 Å². The van der Waals surface area contributed by atoms with Crippen LogP contribution in [0.15, 0.2) is 58.6 Å². The molecule has 2 aromatic rings. The van der Waals surface area contributed by atoms with Crippen LogP contribution in [0.3, 0.4) is 0 Å². The predicted octanol–water partition coefficient (Wildman–Crippen LogP) is 2.56. The van der Waals surface area contributed by atoms with Crippen LogP contribution in [0.1, 0.15) is 5.56 Å². The molecule has 1 aromatic carbocycles. The Morgan fingerprint density at radius 1 is 1.07 bits per heavy atom. The Balaban J connectivity index is 2.42. The van der Waals surface area contributed by atoms with Gasteiger partial charge in [0, 0.05) is 11.1 Å². The minimum atomic E-state index is -1.17. The minimum Gasteiger partial charge on any atom is -0.247 e. The average Bonchev–Trinajstić information content (AvgIpc) is 2.30. The third-order valence-corrected chi connectivity index (χ3v) is 3.60. The Kier molecular flexibility index (Phi) is 2.92. The fraction of sp³-hybridized carbons (Fsp3) is 0.0833. The van der Waals surface area contributed by atoms with Gasteiger partial charge in [-0.25, -0.2) is 9.19 Å². The molecule has 0 fully saturated rings. The van der Waals surface area contributed by atoms with E-state index in [4.69, 9.17) is 0 Å². The summed E-state index contributed by atoms with van der Waals surface area (Å²) in [5.41, 5.74) is 1.03. The Hall–Kier alpha value is -1.48. The van der Waals surface area contributed by atoms with Gasteiger partial charge in [0.25, 0.3) is 0 Å². The zero-order valence-electron chi connectivity index (χ0n) is 8.38. The summed E-state index contributed by atoms with van der Waals surface area (Å²) in [5.74, 6) is 0. The van der Waals surface area contributed by atoms with Crippen molar-refractivity contribution in [3.63, 3.8) is 0 Å². The zero-order valence-corrected chi connectivity index (χ0v) is 9.20. The van der Waals surface area contributed by atoms with E-state index >= 15 is 0 Å². The van der Waals surface area contributed by atoms with Crippen molar-refractivity contribution in [1.29, 1.82) is 0 Å². The number of nitrogens with zero attached hydrogens (tertiary/aromatic N) is 1. The van der Waals surface area contributed by atoms with Crippen LogP contribution in [0.4, 0.5) is 0 Å². The highest BCUT2D eigenvalue weighted by Crippen LogP contribution is 2.17. The molecule has 3 heteroatoms. The lowest BCUT2D eigenvalue weighted by atomic mass is 10.2. The maximum absolute atomic E-state index is 12.1. The van der Waals surface area contributed by atoms with Crippen LogP contribution in [0.25, 0.3) is 0 Å². The first-order valence-corrected chi connectivity index (χ1v) is 5.82. The number of aryl methyl sites for hydroxylation is 1. The second-order valence-electron chi connectivity index (χ2n) is 3.20. The van der Waals surface area contributed by atoms with E-state index in [1.54, 1.807) is 12.3 Å². The van der Waals surface area contributed by atoms with Gasteiger partial charge < -0.3 is 0 Å². The van der Waals surface area contributed by atoms with Crippen LogP contribution in [0, 0.1) is 6.92 Å². The van der Waals surface area contributed by atoms with Gasteiger partial charge in [-0.1, -0.05) is 24.3 Å². The van der Waals surface area contributed by atoms with Crippen LogP contribution in [-0.2, 0) is 10.8 Å². The summed E-state index contributed by atoms with van der Waals surface area (Å²) in [6, 6.07) is 13.1. The first kappa shape index (κ1) is 10.1. The molecule has 15 heavy (non-hydrogen) atoms. The van der Waals surface area contributed by atoms with Gasteiger partial charge in [-0.2, -0.15) is 0 Å². The molecular formula is C12H11NOS. The fourth-order valence-corrected chi connectivity index (χ4v) is 2.48. The van der Waals surface area contributed by atoms with E-state index in [1.165, 1.54) is 0 Å². The molecule has 76 valence electrons. The van der Waals surface area contributed by atoms with Gasteiger partial charge in [0.05, 0.1) is 0 Å². The summed E-state index contributed by atoms with van der Waals surface area (Å²) in [6.45, 7) is 1.95. The van der Waals surface area contributed by atoms with Crippen molar-refractivity contribution >= 4 is 10.8 Å². The fourth-order valence-electron chi connectivity index (χ4n) is 1.33. The summed E-state index contributed by atoms with van der Waals surface area (Å²) >= 11 is 0. The van der Waals surface area contributed by atoms with Gasteiger partial charge in [0.1, 0.15) is 15.8 Å². The van der Waals surface area contributed by atoms with E-state index in [0.717, 1.165) is 10.5 Å². The minimum absolute atomic E-state index is 0.604. The number of benzene rings is 1. The highest BCUT2D eigenvalue weighted by Gasteiger charge is 2.09. The normalized spacial score (nSPS) is 12.3. The van der Waals surface area contributed by atoms with E-state index in [9.17, 15) is 4.21 Å². The molecule has 0 aliphatic heterocycles. The molecule has 0 saturated carbocycles. The molecule has 0 aliphatic carbocycles. The molecule has 0 radical (unpaired) electrons. The lowest BCUT2D eigenvalue weighted by Crippen LogP contribution is -1.97. The number of aromatic nitrogens is 1. The second kappa shape index (κ2) is 4.36. The van der Waals surface area contributed by atoms with Crippen molar-refractivity contribution < 1.29 is 4.21 Å². The average molecular weight is 217 g/mol. The molecule has 1 atom stereocenters. The van der Waals surface area contributed by atoms with E-state index in [1.807, 2.05) is 43.3 Å². The lowest BCUT2D eigenvalue weighted by Gasteiger charge is -2.03. The molecule has 0 saturated heterocycles. The van der Waals surface area contributed by atoms with Crippen LogP contribution in [0.2, 0.25) is 0 Å². The Labute approximate surface area is 91.4 Å². The molecule has 2 nitrogen and oxygen atoms in total. The van der Waals surface area contributed by atoms with Crippen molar-refractivity contribution in [3.8, 4) is 0 Å². The summed E-state index contributed by atoms with van der Waals surface area (Å²) < 4.78 is 12.1. The van der Waals surface area contributed by atoms with Crippen LogP contribution >= 0.6 is 0 Å². The third-order valence-electron chi connectivity index (χ3n) is 2.12. The standard InChI is InChI=1S/C12H11NOS/c1-10-6-2-3-7-11(10)15(14)12-8-4-5-9-13-12/h2-9H,1H3. The summed E-state index contributed by atoms with van der Waals surface area (Å²) in [5, 5.41) is 0.604. The van der Waals surface area contributed by atoms with Crippen molar-refractivity contribution in [2.24, 2.45) is 0 Å². The van der Waals surface area contributed by atoms with Crippen molar-refractivity contribution in [2.75, 3.05) is 0 Å². The van der Waals surface area contributed by atoms with Gasteiger partial charge in [-0.05, 0) is 30.7 Å². The highest BCUT2D eigenvalue weighted by atomic mass is 32.2. The summed E-state index contributed by atoms with van der Waals surface area (Å²) in [6.07, 6.45) is 1.66. The summed E-state index contributed by atoms with van der Waals surface area (Å²) in [7, 11) is -1.17. The van der Waals surface area contributed by atoms with Crippen LogP contribution < -0.4 is 0 Å². The van der Waals surface area contributed by atoms with Crippen LogP contribution in [0.5, 0.6) is 0 Å². The van der Waals surface area contributed by atoms with Gasteiger partial charge in [-0.3, -0.25) is 0 Å². The molecule has 0 aliphatic rings. The molecule has 2 rings (SSSR count). The Bertz CT molecular complexity index is 482. The van der Waals surface area contributed by atoms with Crippen molar-refractivity contribution in [1.82, 2.24) is 4.98 Å². The summed E-state index contributed by atoms with van der Waals surface area (Å²) in [4.78, 5) is 4.93. The maximum Gasteiger partial charge on any atom is 0.132 e. The number of pyridine rings is 1. The molecule has 0 spiro atoms. The van der Waals surface area contributed by atoms with Gasteiger partial charge in [-0.15, -0.1) is 0 Å². The largest absolute Gasteiger partial charge is 0.247 e. The van der Waals surface area contributed by atoms with Gasteiger partial charge in [0.2, 0.25) is 0 Å². The quantitative estimate of drug-likeness (QED) is 0.773. The topological polar surface area (TPSA) is 30.0 Å². The molecular weight excluding hydrogens is 206 g/mol. The molecule has 1 unspecified atom stereocenters. The number of hydrogen-bond acceptors (Lipinski definition) is 2. The van der Waals surface area contributed by atoms with Crippen molar-refractivity contribution in [2.45, 2.75) is 16.8 Å². The molecule has 0 amide bonds. The smallest absolute Gasteiger partial charge is 0.132 e. The highest BCUT2D eigenvalue weighted by molar-refractivity contribution is 7.85. The van der Waals surface area contributed by atoms with E-state index < -0.39 is 10.8 Å². The number of rotatable bonds is 2. The van der Waals surface area contributed by atoms with Crippen molar-refractivity contribution in [3.05, 3.63) is 54.2 Å².